The molecule has 1 heterocycles. The Balaban J connectivity index is 1.90. The average molecular weight is 342 g/mol. The Hall–Kier alpha value is -0.870. The quantitative estimate of drug-likeness (QED) is 0.820. The van der Waals surface area contributed by atoms with Crippen molar-refractivity contribution in [2.24, 2.45) is 5.92 Å². The first-order valence-corrected chi connectivity index (χ1v) is 7.62. The number of rotatable bonds is 2. The molecule has 0 bridgehead atoms. The number of imidazole rings is 1. The molecule has 2 aromatic rings. The van der Waals surface area contributed by atoms with E-state index in [0.717, 1.165) is 41.3 Å². The van der Waals surface area contributed by atoms with Crippen LogP contribution >= 0.6 is 27.5 Å². The molecule has 0 unspecified atom stereocenters. The predicted molar refractivity (Wildman–Crippen MR) is 79.4 cm³/mol. The van der Waals surface area contributed by atoms with Crippen molar-refractivity contribution in [1.82, 2.24) is 9.55 Å². The largest absolute Gasteiger partial charge is 0.330 e. The molecule has 1 atom stereocenters. The van der Waals surface area contributed by atoms with E-state index in [9.17, 15) is 4.79 Å². The van der Waals surface area contributed by atoms with Crippen LogP contribution in [0.1, 0.15) is 25.7 Å². The molecule has 1 saturated carbocycles. The third-order valence-electron chi connectivity index (χ3n) is 3.68. The van der Waals surface area contributed by atoms with Gasteiger partial charge in [0.25, 0.3) is 0 Å². The Morgan fingerprint density at radius 3 is 3.11 bits per heavy atom. The Morgan fingerprint density at radius 1 is 1.47 bits per heavy atom. The number of carbonyl (C=O) groups excluding carboxylic acids is 1. The lowest BCUT2D eigenvalue weighted by Gasteiger charge is -2.21. The normalized spacial score (nSPS) is 20.1. The smallest absolute Gasteiger partial charge is 0.133 e. The van der Waals surface area contributed by atoms with Gasteiger partial charge in [-0.2, -0.15) is 0 Å². The fraction of sp³-hybridized carbons (Fsp3) is 0.429. The van der Waals surface area contributed by atoms with Gasteiger partial charge in [0, 0.05) is 23.9 Å². The molecular weight excluding hydrogens is 328 g/mol. The van der Waals surface area contributed by atoms with E-state index in [1.807, 2.05) is 18.5 Å². The molecule has 19 heavy (non-hydrogen) atoms. The molecule has 3 nitrogen and oxygen atoms in total. The number of aromatic nitrogens is 2. The van der Waals surface area contributed by atoms with Gasteiger partial charge in [-0.3, -0.25) is 4.79 Å². The molecule has 1 fully saturated rings. The van der Waals surface area contributed by atoms with Crippen LogP contribution in [0, 0.1) is 5.92 Å². The summed E-state index contributed by atoms with van der Waals surface area (Å²) in [5.74, 6) is 0.816. The summed E-state index contributed by atoms with van der Waals surface area (Å²) < 4.78 is 3.06. The van der Waals surface area contributed by atoms with Gasteiger partial charge < -0.3 is 4.57 Å². The standard InChI is InChI=1S/C14H14BrClN2O/c15-10-5-12(16)14-13(6-10)18(8-17-14)7-9-2-1-3-11(19)4-9/h5-6,8-9H,1-4,7H2/t9-/m0/s1. The fourth-order valence-corrected chi connectivity index (χ4v) is 3.62. The molecule has 1 aliphatic carbocycles. The molecule has 0 saturated heterocycles. The minimum Gasteiger partial charge on any atom is -0.330 e. The SMILES string of the molecule is O=C1CCC[C@H](Cn2cnc3c(Cl)cc(Br)cc32)C1. The van der Waals surface area contributed by atoms with Crippen molar-refractivity contribution in [3.8, 4) is 0 Å². The maximum Gasteiger partial charge on any atom is 0.133 e. The number of fused-ring (bicyclic) bond motifs is 1. The van der Waals surface area contributed by atoms with Crippen molar-refractivity contribution in [2.45, 2.75) is 32.2 Å². The van der Waals surface area contributed by atoms with Gasteiger partial charge >= 0.3 is 0 Å². The summed E-state index contributed by atoms with van der Waals surface area (Å²) in [6, 6.07) is 3.88. The second kappa shape index (κ2) is 5.25. The average Bonchev–Trinajstić information content (AvgIpc) is 2.73. The highest BCUT2D eigenvalue weighted by Gasteiger charge is 2.20. The molecule has 1 aromatic carbocycles. The number of Topliss-reactive ketones (excluding diaryl/α,β-unsaturated/α-hetero) is 1. The number of hydrogen-bond donors (Lipinski definition) is 0. The number of halogens is 2. The van der Waals surface area contributed by atoms with Gasteiger partial charge in [-0.15, -0.1) is 0 Å². The van der Waals surface area contributed by atoms with Crippen LogP contribution in [-0.2, 0) is 11.3 Å². The molecule has 0 N–H and O–H groups in total. The molecule has 3 rings (SSSR count). The molecule has 1 aromatic heterocycles. The van der Waals surface area contributed by atoms with E-state index in [-0.39, 0.29) is 0 Å². The van der Waals surface area contributed by atoms with E-state index in [1.165, 1.54) is 0 Å². The van der Waals surface area contributed by atoms with Gasteiger partial charge in [0.05, 0.1) is 16.9 Å². The van der Waals surface area contributed by atoms with E-state index < -0.39 is 0 Å². The van der Waals surface area contributed by atoms with E-state index in [1.54, 1.807) is 0 Å². The zero-order chi connectivity index (χ0) is 13.4. The van der Waals surface area contributed by atoms with Crippen LogP contribution < -0.4 is 0 Å². The van der Waals surface area contributed by atoms with E-state index >= 15 is 0 Å². The van der Waals surface area contributed by atoms with Gasteiger partial charge in [-0.05, 0) is 30.9 Å². The zero-order valence-electron chi connectivity index (χ0n) is 10.4. The van der Waals surface area contributed by atoms with Gasteiger partial charge in [0.2, 0.25) is 0 Å². The maximum atomic E-state index is 11.5. The maximum absolute atomic E-state index is 11.5. The van der Waals surface area contributed by atoms with E-state index in [0.29, 0.717) is 23.1 Å². The molecule has 100 valence electrons. The highest BCUT2D eigenvalue weighted by Crippen LogP contribution is 2.29. The molecule has 0 spiro atoms. The predicted octanol–water partition coefficient (Wildman–Crippen LogP) is 4.21. The first-order valence-electron chi connectivity index (χ1n) is 6.45. The van der Waals surface area contributed by atoms with Crippen molar-refractivity contribution >= 4 is 44.3 Å². The van der Waals surface area contributed by atoms with Crippen LogP contribution in [0.3, 0.4) is 0 Å². The minimum absolute atomic E-state index is 0.389. The number of nitrogens with zero attached hydrogens (tertiary/aromatic N) is 2. The van der Waals surface area contributed by atoms with Crippen molar-refractivity contribution < 1.29 is 4.79 Å². The minimum atomic E-state index is 0.389. The highest BCUT2D eigenvalue weighted by molar-refractivity contribution is 9.10. The fourth-order valence-electron chi connectivity index (χ4n) is 2.78. The number of carbonyl (C=O) groups is 1. The second-order valence-corrected chi connectivity index (χ2v) is 6.48. The Labute approximate surface area is 125 Å². The lowest BCUT2D eigenvalue weighted by atomic mass is 9.88. The van der Waals surface area contributed by atoms with E-state index in [4.69, 9.17) is 11.6 Å². The van der Waals surface area contributed by atoms with Gasteiger partial charge in [-0.1, -0.05) is 27.5 Å². The van der Waals surface area contributed by atoms with Crippen molar-refractivity contribution in [1.29, 1.82) is 0 Å². The van der Waals surface area contributed by atoms with Crippen molar-refractivity contribution in [2.75, 3.05) is 0 Å². The third kappa shape index (κ3) is 2.70. The third-order valence-corrected chi connectivity index (χ3v) is 4.43. The molecule has 0 radical (unpaired) electrons. The summed E-state index contributed by atoms with van der Waals surface area (Å²) in [7, 11) is 0. The van der Waals surface area contributed by atoms with Crippen molar-refractivity contribution in [3.63, 3.8) is 0 Å². The molecule has 0 amide bonds. The topological polar surface area (TPSA) is 34.9 Å². The van der Waals surface area contributed by atoms with Crippen LogP contribution in [0.4, 0.5) is 0 Å². The van der Waals surface area contributed by atoms with Crippen LogP contribution in [0.2, 0.25) is 5.02 Å². The van der Waals surface area contributed by atoms with Crippen LogP contribution in [0.15, 0.2) is 22.9 Å². The second-order valence-electron chi connectivity index (χ2n) is 5.15. The first-order chi connectivity index (χ1) is 9.13. The Bertz CT molecular complexity index is 638. The summed E-state index contributed by atoms with van der Waals surface area (Å²) in [5, 5.41) is 0.655. The van der Waals surface area contributed by atoms with Crippen LogP contribution in [0.5, 0.6) is 0 Å². The summed E-state index contributed by atoms with van der Waals surface area (Å²) in [5.41, 5.74) is 1.85. The van der Waals surface area contributed by atoms with E-state index in [2.05, 4.69) is 25.5 Å². The molecular formula is C14H14BrClN2O. The van der Waals surface area contributed by atoms with Crippen LogP contribution in [0.25, 0.3) is 11.0 Å². The lowest BCUT2D eigenvalue weighted by molar-refractivity contribution is -0.121. The molecule has 5 heteroatoms. The summed E-state index contributed by atoms with van der Waals surface area (Å²) in [6.45, 7) is 0.842. The van der Waals surface area contributed by atoms with Crippen LogP contribution in [-0.4, -0.2) is 15.3 Å². The molecule has 0 aliphatic heterocycles. The van der Waals surface area contributed by atoms with Crippen molar-refractivity contribution in [3.05, 3.63) is 28.0 Å². The Kier molecular flexibility index (Phi) is 3.63. The summed E-state index contributed by atoms with van der Waals surface area (Å²) in [4.78, 5) is 15.9. The summed E-state index contributed by atoms with van der Waals surface area (Å²) >= 11 is 9.64. The number of benzene rings is 1. The van der Waals surface area contributed by atoms with Gasteiger partial charge in [-0.25, -0.2) is 4.98 Å². The molecule has 1 aliphatic rings. The lowest BCUT2D eigenvalue weighted by Crippen LogP contribution is -2.19. The monoisotopic (exact) mass is 340 g/mol. The summed E-state index contributed by atoms with van der Waals surface area (Å²) in [6.07, 6.45) is 5.40. The van der Waals surface area contributed by atoms with Gasteiger partial charge in [0.15, 0.2) is 0 Å². The number of hydrogen-bond acceptors (Lipinski definition) is 2. The zero-order valence-corrected chi connectivity index (χ0v) is 12.7. The Morgan fingerprint density at radius 2 is 2.32 bits per heavy atom. The van der Waals surface area contributed by atoms with Gasteiger partial charge in [0.1, 0.15) is 11.3 Å². The highest BCUT2D eigenvalue weighted by atomic mass is 79.9. The first kappa shape index (κ1) is 13.1. The number of ketones is 1.